The molecule has 0 aromatic rings. The number of carbonyl (C=O) groups is 2. The predicted molar refractivity (Wildman–Crippen MR) is 119 cm³/mol. The molecule has 0 unspecified atom stereocenters. The molecule has 0 aromatic heterocycles. The van der Waals surface area contributed by atoms with Crippen molar-refractivity contribution in [2.75, 3.05) is 7.11 Å². The van der Waals surface area contributed by atoms with E-state index in [1.807, 2.05) is 18.2 Å². The summed E-state index contributed by atoms with van der Waals surface area (Å²) in [5, 5.41) is 20.9. The third-order valence-corrected chi connectivity index (χ3v) is 6.62. The Bertz CT molecular complexity index is 545. The first-order valence-electron chi connectivity index (χ1n) is 10.8. The van der Waals surface area contributed by atoms with E-state index >= 15 is 0 Å². The molecule has 1 rings (SSSR count). The summed E-state index contributed by atoms with van der Waals surface area (Å²) >= 11 is 1.32. The lowest BCUT2D eigenvalue weighted by molar-refractivity contribution is -0.140. The van der Waals surface area contributed by atoms with Crippen LogP contribution in [0.4, 0.5) is 0 Å². The summed E-state index contributed by atoms with van der Waals surface area (Å²) in [4.78, 5) is 22.8. The number of carbonyl (C=O) groups excluding carboxylic acids is 2. The van der Waals surface area contributed by atoms with Crippen molar-refractivity contribution in [2.45, 2.75) is 89.1 Å². The van der Waals surface area contributed by atoms with Gasteiger partial charge in [0.15, 0.2) is 5.12 Å². The van der Waals surface area contributed by atoms with Crippen molar-refractivity contribution in [1.29, 1.82) is 0 Å². The Balaban J connectivity index is 2.64. The SMILES string of the molecule is CCCCC[C@H](O)/C=C/[C@@H]1[C@@H](CC/C=C\CCC(=O)OC)[C@@H](SC(C)=O)C[C@H]1O. The summed E-state index contributed by atoms with van der Waals surface area (Å²) in [7, 11) is 1.39. The fraction of sp³-hybridized carbons (Fsp3) is 0.739. The molecule has 0 amide bonds. The topological polar surface area (TPSA) is 83.8 Å². The Kier molecular flexibility index (Phi) is 13.2. The van der Waals surface area contributed by atoms with Crippen LogP contribution in [0, 0.1) is 11.8 Å². The molecule has 1 saturated carbocycles. The van der Waals surface area contributed by atoms with Crippen molar-refractivity contribution in [3.8, 4) is 0 Å². The van der Waals surface area contributed by atoms with E-state index in [0.29, 0.717) is 19.3 Å². The van der Waals surface area contributed by atoms with Crippen molar-refractivity contribution < 1.29 is 24.5 Å². The van der Waals surface area contributed by atoms with Crippen molar-refractivity contribution in [2.24, 2.45) is 11.8 Å². The fourth-order valence-corrected chi connectivity index (χ4v) is 5.10. The second-order valence-electron chi connectivity index (χ2n) is 7.80. The molecule has 29 heavy (non-hydrogen) atoms. The minimum Gasteiger partial charge on any atom is -0.469 e. The summed E-state index contributed by atoms with van der Waals surface area (Å²) in [6.45, 7) is 3.71. The normalized spacial score (nSPS) is 25.7. The fourth-order valence-electron chi connectivity index (χ4n) is 3.89. The van der Waals surface area contributed by atoms with Gasteiger partial charge in [0.2, 0.25) is 0 Å². The molecule has 0 saturated heterocycles. The Hall–Kier alpha value is -1.11. The van der Waals surface area contributed by atoms with E-state index in [1.165, 1.54) is 18.9 Å². The van der Waals surface area contributed by atoms with Crippen molar-refractivity contribution >= 4 is 22.8 Å². The quantitative estimate of drug-likeness (QED) is 0.258. The molecule has 5 atom stereocenters. The van der Waals surface area contributed by atoms with E-state index < -0.39 is 12.2 Å². The molecule has 0 radical (unpaired) electrons. The molecule has 2 N–H and O–H groups in total. The molecular weight excluding hydrogens is 388 g/mol. The van der Waals surface area contributed by atoms with Crippen LogP contribution in [0.2, 0.25) is 0 Å². The van der Waals surface area contributed by atoms with Crippen molar-refractivity contribution in [1.82, 2.24) is 0 Å². The average molecular weight is 427 g/mol. The van der Waals surface area contributed by atoms with E-state index in [0.717, 1.165) is 38.5 Å². The third-order valence-electron chi connectivity index (χ3n) is 5.44. The van der Waals surface area contributed by atoms with E-state index in [-0.39, 0.29) is 28.2 Å². The molecular formula is C23H38O5S. The summed E-state index contributed by atoms with van der Waals surface area (Å²) < 4.78 is 4.63. The molecule has 1 fully saturated rings. The second kappa shape index (κ2) is 14.8. The number of unbranched alkanes of at least 4 members (excludes halogenated alkanes) is 2. The van der Waals surface area contributed by atoms with Crippen LogP contribution >= 0.6 is 11.8 Å². The number of esters is 1. The van der Waals surface area contributed by atoms with Gasteiger partial charge in [-0.2, -0.15) is 0 Å². The number of thioether (sulfide) groups is 1. The van der Waals surface area contributed by atoms with Crippen molar-refractivity contribution in [3.05, 3.63) is 24.3 Å². The number of allylic oxidation sites excluding steroid dienone is 2. The number of methoxy groups -OCH3 is 1. The predicted octanol–water partition coefficient (Wildman–Crippen LogP) is 4.42. The molecule has 6 heteroatoms. The second-order valence-corrected chi connectivity index (χ2v) is 9.22. The maximum Gasteiger partial charge on any atom is 0.305 e. The van der Waals surface area contributed by atoms with E-state index in [4.69, 9.17) is 0 Å². The van der Waals surface area contributed by atoms with Crippen LogP contribution < -0.4 is 0 Å². The number of ether oxygens (including phenoxy) is 1. The van der Waals surface area contributed by atoms with Crippen LogP contribution in [0.25, 0.3) is 0 Å². The lowest BCUT2D eigenvalue weighted by Crippen LogP contribution is -2.20. The molecule has 0 heterocycles. The van der Waals surface area contributed by atoms with Gasteiger partial charge in [-0.1, -0.05) is 62.3 Å². The highest BCUT2D eigenvalue weighted by atomic mass is 32.2. The highest BCUT2D eigenvalue weighted by Crippen LogP contribution is 2.43. The first-order valence-corrected chi connectivity index (χ1v) is 11.7. The largest absolute Gasteiger partial charge is 0.469 e. The van der Waals surface area contributed by atoms with Crippen LogP contribution in [-0.2, 0) is 14.3 Å². The van der Waals surface area contributed by atoms with Gasteiger partial charge in [-0.05, 0) is 38.0 Å². The summed E-state index contributed by atoms with van der Waals surface area (Å²) in [5.41, 5.74) is 0. The number of hydrogen-bond donors (Lipinski definition) is 2. The molecule has 0 bridgehead atoms. The van der Waals surface area contributed by atoms with E-state index in [2.05, 4.69) is 17.7 Å². The Labute approximate surface area is 180 Å². The minimum absolute atomic E-state index is 0.0452. The first-order chi connectivity index (χ1) is 13.9. The summed E-state index contributed by atoms with van der Waals surface area (Å²) in [6, 6.07) is 0. The molecule has 5 nitrogen and oxygen atoms in total. The molecule has 0 aliphatic heterocycles. The minimum atomic E-state index is -0.487. The molecule has 166 valence electrons. The smallest absolute Gasteiger partial charge is 0.305 e. The zero-order valence-electron chi connectivity index (χ0n) is 18.1. The standard InChI is InChI=1S/C23H38O5S/c1-4-5-8-11-18(25)14-15-19-20(22(16-21(19)26)29-17(2)24)12-9-6-7-10-13-23(27)28-3/h6-7,14-15,18-22,25-26H,4-5,8-13,16H2,1-3H3/b7-6-,15-14+/t18-,19+,20+,21+,22-/m0/s1. The van der Waals surface area contributed by atoms with Gasteiger partial charge < -0.3 is 14.9 Å². The van der Waals surface area contributed by atoms with Gasteiger partial charge in [0.05, 0.1) is 19.3 Å². The van der Waals surface area contributed by atoms with Crippen LogP contribution in [-0.4, -0.2) is 45.9 Å². The Morgan fingerprint density at radius 3 is 2.62 bits per heavy atom. The van der Waals surface area contributed by atoms with Gasteiger partial charge in [0.25, 0.3) is 0 Å². The van der Waals surface area contributed by atoms with Crippen molar-refractivity contribution in [3.63, 3.8) is 0 Å². The van der Waals surface area contributed by atoms with Gasteiger partial charge in [0.1, 0.15) is 0 Å². The van der Waals surface area contributed by atoms with Gasteiger partial charge in [-0.15, -0.1) is 0 Å². The highest BCUT2D eigenvalue weighted by molar-refractivity contribution is 8.14. The van der Waals surface area contributed by atoms with Crippen LogP contribution in [0.1, 0.15) is 71.6 Å². The summed E-state index contributed by atoms with van der Waals surface area (Å²) in [6.07, 6.45) is 14.2. The van der Waals surface area contributed by atoms with Gasteiger partial charge in [-0.25, -0.2) is 0 Å². The van der Waals surface area contributed by atoms with Crippen LogP contribution in [0.15, 0.2) is 24.3 Å². The monoisotopic (exact) mass is 426 g/mol. The van der Waals surface area contributed by atoms with Gasteiger partial charge >= 0.3 is 5.97 Å². The van der Waals surface area contributed by atoms with Gasteiger partial charge in [-0.3, -0.25) is 9.59 Å². The summed E-state index contributed by atoms with van der Waals surface area (Å²) in [5.74, 6) is -0.0754. The van der Waals surface area contributed by atoms with Gasteiger partial charge in [0, 0.05) is 24.5 Å². The van der Waals surface area contributed by atoms with Crippen LogP contribution in [0.5, 0.6) is 0 Å². The number of aliphatic hydroxyl groups is 2. The number of aliphatic hydroxyl groups excluding tert-OH is 2. The number of rotatable bonds is 13. The zero-order valence-corrected chi connectivity index (χ0v) is 18.9. The maximum atomic E-state index is 11.6. The Morgan fingerprint density at radius 2 is 1.97 bits per heavy atom. The van der Waals surface area contributed by atoms with Crippen LogP contribution in [0.3, 0.4) is 0 Å². The molecule has 0 aromatic carbocycles. The number of hydrogen-bond acceptors (Lipinski definition) is 6. The zero-order chi connectivity index (χ0) is 21.6. The lowest BCUT2D eigenvalue weighted by atomic mass is 9.89. The lowest BCUT2D eigenvalue weighted by Gasteiger charge is -2.22. The average Bonchev–Trinajstić information content (AvgIpc) is 2.96. The maximum absolute atomic E-state index is 11.6. The Morgan fingerprint density at radius 1 is 1.24 bits per heavy atom. The molecule has 1 aliphatic carbocycles. The highest BCUT2D eigenvalue weighted by Gasteiger charge is 2.41. The third kappa shape index (κ3) is 10.5. The first kappa shape index (κ1) is 25.9. The molecule has 0 spiro atoms. The molecule has 1 aliphatic rings. The van der Waals surface area contributed by atoms with E-state index in [9.17, 15) is 19.8 Å². The van der Waals surface area contributed by atoms with E-state index in [1.54, 1.807) is 6.92 Å².